The smallest absolute Gasteiger partial charge is 0.273 e. The van der Waals surface area contributed by atoms with Gasteiger partial charge in [0.2, 0.25) is 10.0 Å². The van der Waals surface area contributed by atoms with Crippen molar-refractivity contribution in [3.05, 3.63) is 58.1 Å². The molecule has 0 bridgehead atoms. The summed E-state index contributed by atoms with van der Waals surface area (Å²) < 4.78 is 37.3. The highest BCUT2D eigenvalue weighted by Gasteiger charge is 2.21. The van der Waals surface area contributed by atoms with Crippen LogP contribution in [0.3, 0.4) is 0 Å². The number of benzene rings is 2. The number of rotatable bonds is 8. The molecular formula is C16H18N2O6S. The zero-order valence-corrected chi connectivity index (χ0v) is 14.6. The topological polar surface area (TPSA) is 108 Å². The van der Waals surface area contributed by atoms with Gasteiger partial charge in [-0.1, -0.05) is 12.1 Å². The van der Waals surface area contributed by atoms with E-state index >= 15 is 0 Å². The zero-order chi connectivity index (χ0) is 18.4. The summed E-state index contributed by atoms with van der Waals surface area (Å²) >= 11 is 0. The molecular weight excluding hydrogens is 348 g/mol. The number of hydrogen-bond donors (Lipinski definition) is 1. The molecule has 0 unspecified atom stereocenters. The lowest BCUT2D eigenvalue weighted by Crippen LogP contribution is -2.26. The van der Waals surface area contributed by atoms with E-state index in [1.807, 2.05) is 12.1 Å². The third-order valence-corrected chi connectivity index (χ3v) is 5.01. The Hall–Kier alpha value is -2.65. The van der Waals surface area contributed by atoms with E-state index in [1.165, 1.54) is 7.11 Å². The Balaban J connectivity index is 2.09. The summed E-state index contributed by atoms with van der Waals surface area (Å²) in [5.74, 6) is 0.645. The number of ether oxygens (including phenoxy) is 2. The minimum Gasteiger partial charge on any atom is -0.497 e. The highest BCUT2D eigenvalue weighted by molar-refractivity contribution is 7.89. The number of non-ortho nitro benzene ring substituents is 1. The standard InChI is InChI=1S/C16H18N2O6S/c1-23-14-6-3-12(4-7-14)9-10-17-25(21,22)16-8-5-13(18(19)20)11-15(16)24-2/h3-8,11,17H,9-10H2,1-2H3. The van der Waals surface area contributed by atoms with Gasteiger partial charge in [-0.25, -0.2) is 13.1 Å². The van der Waals surface area contributed by atoms with E-state index in [0.717, 1.165) is 29.5 Å². The Morgan fingerprint density at radius 1 is 1.08 bits per heavy atom. The normalized spacial score (nSPS) is 11.1. The van der Waals surface area contributed by atoms with Crippen LogP contribution in [-0.2, 0) is 16.4 Å². The molecule has 2 aromatic rings. The van der Waals surface area contributed by atoms with E-state index in [2.05, 4.69) is 4.72 Å². The first-order chi connectivity index (χ1) is 11.9. The Morgan fingerprint density at radius 3 is 2.32 bits per heavy atom. The van der Waals surface area contributed by atoms with Crippen molar-refractivity contribution in [2.75, 3.05) is 20.8 Å². The zero-order valence-electron chi connectivity index (χ0n) is 13.8. The Bertz CT molecular complexity index is 849. The van der Waals surface area contributed by atoms with Crippen molar-refractivity contribution in [1.29, 1.82) is 0 Å². The van der Waals surface area contributed by atoms with E-state index in [1.54, 1.807) is 19.2 Å². The van der Waals surface area contributed by atoms with Crippen LogP contribution in [0.25, 0.3) is 0 Å². The van der Waals surface area contributed by atoms with Crippen molar-refractivity contribution in [3.63, 3.8) is 0 Å². The summed E-state index contributed by atoms with van der Waals surface area (Å²) in [4.78, 5) is 10.0. The average Bonchev–Trinajstić information content (AvgIpc) is 2.61. The van der Waals surface area contributed by atoms with E-state index < -0.39 is 14.9 Å². The molecule has 0 aromatic heterocycles. The number of hydrogen-bond acceptors (Lipinski definition) is 6. The highest BCUT2D eigenvalue weighted by Crippen LogP contribution is 2.28. The third kappa shape index (κ3) is 4.68. The van der Waals surface area contributed by atoms with Gasteiger partial charge in [0.15, 0.2) is 0 Å². The predicted molar refractivity (Wildman–Crippen MR) is 91.5 cm³/mol. The van der Waals surface area contributed by atoms with E-state index in [0.29, 0.717) is 6.42 Å². The van der Waals surface area contributed by atoms with Gasteiger partial charge in [0.25, 0.3) is 5.69 Å². The molecule has 2 aromatic carbocycles. The average molecular weight is 366 g/mol. The fraction of sp³-hybridized carbons (Fsp3) is 0.250. The largest absolute Gasteiger partial charge is 0.497 e. The van der Waals surface area contributed by atoms with Gasteiger partial charge in [0.05, 0.1) is 25.2 Å². The Labute approximate surface area is 145 Å². The lowest BCUT2D eigenvalue weighted by Gasteiger charge is -2.11. The molecule has 0 amide bonds. The van der Waals surface area contributed by atoms with Crippen LogP contribution in [0, 0.1) is 10.1 Å². The number of nitro groups is 1. The summed E-state index contributed by atoms with van der Waals surface area (Å²) in [7, 11) is -1.02. The van der Waals surface area contributed by atoms with Crippen LogP contribution in [0.2, 0.25) is 0 Å². The van der Waals surface area contributed by atoms with Crippen LogP contribution in [-0.4, -0.2) is 34.1 Å². The summed E-state index contributed by atoms with van der Waals surface area (Å²) in [6.45, 7) is 0.175. The molecule has 0 aliphatic heterocycles. The molecule has 0 aliphatic carbocycles. The molecule has 8 nitrogen and oxygen atoms in total. The second-order valence-corrected chi connectivity index (χ2v) is 6.82. The third-order valence-electron chi connectivity index (χ3n) is 3.51. The lowest BCUT2D eigenvalue weighted by atomic mass is 10.1. The van der Waals surface area contributed by atoms with Crippen LogP contribution < -0.4 is 14.2 Å². The van der Waals surface area contributed by atoms with Crippen LogP contribution in [0.15, 0.2) is 47.4 Å². The number of sulfonamides is 1. The maximum absolute atomic E-state index is 12.4. The van der Waals surface area contributed by atoms with Gasteiger partial charge >= 0.3 is 0 Å². The Morgan fingerprint density at radius 2 is 1.76 bits per heavy atom. The van der Waals surface area contributed by atoms with Crippen LogP contribution >= 0.6 is 0 Å². The van der Waals surface area contributed by atoms with Crippen molar-refractivity contribution in [3.8, 4) is 11.5 Å². The first-order valence-electron chi connectivity index (χ1n) is 7.32. The van der Waals surface area contributed by atoms with Crippen LogP contribution in [0.4, 0.5) is 5.69 Å². The highest BCUT2D eigenvalue weighted by atomic mass is 32.2. The SMILES string of the molecule is COc1ccc(CCNS(=O)(=O)c2ccc([N+](=O)[O-])cc2OC)cc1. The quantitative estimate of drug-likeness (QED) is 0.566. The second-order valence-electron chi connectivity index (χ2n) is 5.09. The molecule has 1 N–H and O–H groups in total. The number of nitro benzene ring substituents is 1. The molecule has 9 heteroatoms. The van der Waals surface area contributed by atoms with Gasteiger partial charge in [-0.2, -0.15) is 0 Å². The first-order valence-corrected chi connectivity index (χ1v) is 8.80. The van der Waals surface area contributed by atoms with Gasteiger partial charge in [-0.05, 0) is 30.2 Å². The van der Waals surface area contributed by atoms with Crippen molar-refractivity contribution < 1.29 is 22.8 Å². The number of nitrogens with zero attached hydrogens (tertiary/aromatic N) is 1. The van der Waals surface area contributed by atoms with Crippen LogP contribution in [0.5, 0.6) is 11.5 Å². The minimum absolute atomic E-state index is 0.0776. The molecule has 0 spiro atoms. The number of methoxy groups -OCH3 is 2. The van der Waals surface area contributed by atoms with Crippen molar-refractivity contribution in [1.82, 2.24) is 4.72 Å². The molecule has 0 atom stereocenters. The fourth-order valence-corrected chi connectivity index (χ4v) is 3.37. The molecule has 0 fully saturated rings. The molecule has 2 rings (SSSR count). The molecule has 0 radical (unpaired) electrons. The van der Waals surface area contributed by atoms with Crippen molar-refractivity contribution >= 4 is 15.7 Å². The first kappa shape index (κ1) is 18.7. The summed E-state index contributed by atoms with van der Waals surface area (Å²) in [5.41, 5.74) is 0.702. The Kier molecular flexibility index (Phi) is 5.94. The molecule has 0 aliphatic rings. The van der Waals surface area contributed by atoms with Gasteiger partial charge in [0, 0.05) is 12.6 Å². The molecule has 0 saturated carbocycles. The molecule has 134 valence electrons. The van der Waals surface area contributed by atoms with Gasteiger partial charge in [0.1, 0.15) is 16.4 Å². The van der Waals surface area contributed by atoms with Crippen molar-refractivity contribution in [2.24, 2.45) is 0 Å². The second kappa shape index (κ2) is 7.95. The van der Waals surface area contributed by atoms with Gasteiger partial charge in [-0.15, -0.1) is 0 Å². The predicted octanol–water partition coefficient (Wildman–Crippen LogP) is 2.13. The summed E-state index contributed by atoms with van der Waals surface area (Å²) in [6.07, 6.45) is 0.485. The van der Waals surface area contributed by atoms with Gasteiger partial charge < -0.3 is 9.47 Å². The fourth-order valence-electron chi connectivity index (χ4n) is 2.19. The van der Waals surface area contributed by atoms with Crippen LogP contribution in [0.1, 0.15) is 5.56 Å². The van der Waals surface area contributed by atoms with Crippen molar-refractivity contribution in [2.45, 2.75) is 11.3 Å². The monoisotopic (exact) mass is 366 g/mol. The maximum atomic E-state index is 12.4. The van der Waals surface area contributed by atoms with E-state index in [4.69, 9.17) is 9.47 Å². The summed E-state index contributed by atoms with van der Waals surface area (Å²) in [5, 5.41) is 10.8. The molecule has 0 heterocycles. The maximum Gasteiger partial charge on any atom is 0.273 e. The summed E-state index contributed by atoms with van der Waals surface area (Å²) in [6, 6.07) is 10.6. The van der Waals surface area contributed by atoms with E-state index in [-0.39, 0.29) is 22.9 Å². The van der Waals surface area contributed by atoms with E-state index in [9.17, 15) is 18.5 Å². The molecule has 0 saturated heterocycles. The van der Waals surface area contributed by atoms with Gasteiger partial charge in [-0.3, -0.25) is 10.1 Å². The minimum atomic E-state index is -3.85. The number of nitrogens with one attached hydrogen (secondary N) is 1. The molecule has 25 heavy (non-hydrogen) atoms. The lowest BCUT2D eigenvalue weighted by molar-refractivity contribution is -0.385.